The van der Waals surface area contributed by atoms with Gasteiger partial charge in [0.15, 0.2) is 11.5 Å². The van der Waals surface area contributed by atoms with Crippen LogP contribution in [-0.4, -0.2) is 19.9 Å². The molecule has 2 aliphatic rings. The number of ether oxygens (including phenoxy) is 3. The van der Waals surface area contributed by atoms with E-state index in [1.165, 1.54) is 20.0 Å². The lowest BCUT2D eigenvalue weighted by molar-refractivity contribution is -0.141. The Morgan fingerprint density at radius 1 is 1.39 bits per heavy atom. The zero-order chi connectivity index (χ0) is 12.5. The fourth-order valence-corrected chi connectivity index (χ4v) is 2.46. The normalized spacial score (nSPS) is 18.5. The summed E-state index contributed by atoms with van der Waals surface area (Å²) in [5, 5.41) is 0. The van der Waals surface area contributed by atoms with Crippen molar-refractivity contribution in [1.29, 1.82) is 0 Å². The first-order chi connectivity index (χ1) is 8.78. The third kappa shape index (κ3) is 2.15. The Bertz CT molecular complexity index is 465. The van der Waals surface area contributed by atoms with Crippen molar-refractivity contribution in [3.05, 3.63) is 23.8 Å². The molecule has 1 saturated carbocycles. The third-order valence-electron chi connectivity index (χ3n) is 3.63. The van der Waals surface area contributed by atoms with E-state index < -0.39 is 0 Å². The molecular formula is C14H16O4. The van der Waals surface area contributed by atoms with Crippen LogP contribution in [0.15, 0.2) is 18.2 Å². The minimum atomic E-state index is -0.149. The van der Waals surface area contributed by atoms with Crippen LogP contribution < -0.4 is 9.47 Å². The SMILES string of the molecule is COC(=O)CC(c1ccc2c(c1)OCO2)C1CC1. The van der Waals surface area contributed by atoms with Crippen LogP contribution in [-0.2, 0) is 9.53 Å². The summed E-state index contributed by atoms with van der Waals surface area (Å²) in [5.41, 5.74) is 1.15. The Hall–Kier alpha value is -1.71. The van der Waals surface area contributed by atoms with Crippen LogP contribution in [0.1, 0.15) is 30.7 Å². The second-order valence-electron chi connectivity index (χ2n) is 4.84. The Kier molecular flexibility index (Phi) is 2.86. The molecule has 18 heavy (non-hydrogen) atoms. The van der Waals surface area contributed by atoms with E-state index in [1.807, 2.05) is 18.2 Å². The van der Waals surface area contributed by atoms with Gasteiger partial charge >= 0.3 is 5.97 Å². The van der Waals surface area contributed by atoms with Crippen molar-refractivity contribution in [2.75, 3.05) is 13.9 Å². The molecule has 4 nitrogen and oxygen atoms in total. The Morgan fingerprint density at radius 3 is 2.89 bits per heavy atom. The molecule has 0 spiro atoms. The van der Waals surface area contributed by atoms with E-state index in [0.717, 1.165) is 17.1 Å². The Morgan fingerprint density at radius 2 is 2.17 bits per heavy atom. The van der Waals surface area contributed by atoms with E-state index in [1.54, 1.807) is 0 Å². The van der Waals surface area contributed by atoms with Gasteiger partial charge < -0.3 is 14.2 Å². The summed E-state index contributed by atoms with van der Waals surface area (Å²) >= 11 is 0. The van der Waals surface area contributed by atoms with Crippen LogP contribution in [0, 0.1) is 5.92 Å². The number of carbonyl (C=O) groups excluding carboxylic acids is 1. The molecule has 3 rings (SSSR count). The van der Waals surface area contributed by atoms with E-state index in [4.69, 9.17) is 14.2 Å². The van der Waals surface area contributed by atoms with E-state index in [2.05, 4.69) is 0 Å². The fraction of sp³-hybridized carbons (Fsp3) is 0.500. The van der Waals surface area contributed by atoms with Crippen LogP contribution in [0.4, 0.5) is 0 Å². The molecule has 1 aromatic carbocycles. The predicted molar refractivity (Wildman–Crippen MR) is 64.7 cm³/mol. The molecule has 1 aliphatic carbocycles. The van der Waals surface area contributed by atoms with Gasteiger partial charge in [-0.2, -0.15) is 0 Å². The Labute approximate surface area is 106 Å². The smallest absolute Gasteiger partial charge is 0.306 e. The molecule has 1 heterocycles. The highest BCUT2D eigenvalue weighted by Gasteiger charge is 2.34. The maximum absolute atomic E-state index is 11.5. The van der Waals surface area contributed by atoms with E-state index >= 15 is 0 Å². The standard InChI is InChI=1S/C14H16O4/c1-16-14(15)7-11(9-2-3-9)10-4-5-12-13(6-10)18-8-17-12/h4-6,9,11H,2-3,7-8H2,1H3. The molecule has 1 atom stereocenters. The molecule has 0 N–H and O–H groups in total. The summed E-state index contributed by atoms with van der Waals surface area (Å²) in [6.45, 7) is 0.282. The Balaban J connectivity index is 1.83. The summed E-state index contributed by atoms with van der Waals surface area (Å²) in [6.07, 6.45) is 2.83. The zero-order valence-corrected chi connectivity index (χ0v) is 10.3. The van der Waals surface area contributed by atoms with E-state index in [0.29, 0.717) is 12.3 Å². The molecule has 1 aromatic rings. The first-order valence-electron chi connectivity index (χ1n) is 6.24. The fourth-order valence-electron chi connectivity index (χ4n) is 2.46. The molecule has 1 unspecified atom stereocenters. The lowest BCUT2D eigenvalue weighted by atomic mass is 9.91. The van der Waals surface area contributed by atoms with Gasteiger partial charge in [-0.1, -0.05) is 6.07 Å². The number of rotatable bonds is 4. The second-order valence-corrected chi connectivity index (χ2v) is 4.84. The first kappa shape index (κ1) is 11.4. The number of hydrogen-bond donors (Lipinski definition) is 0. The molecule has 4 heteroatoms. The van der Waals surface area contributed by atoms with Gasteiger partial charge in [0.25, 0.3) is 0 Å². The molecule has 0 saturated heterocycles. The van der Waals surface area contributed by atoms with Gasteiger partial charge in [-0.25, -0.2) is 0 Å². The molecule has 96 valence electrons. The van der Waals surface area contributed by atoms with Gasteiger partial charge in [0.05, 0.1) is 13.5 Å². The van der Waals surface area contributed by atoms with E-state index in [9.17, 15) is 4.79 Å². The number of hydrogen-bond acceptors (Lipinski definition) is 4. The maximum atomic E-state index is 11.5. The predicted octanol–water partition coefficient (Wildman–Crippen LogP) is 2.47. The number of esters is 1. The largest absolute Gasteiger partial charge is 0.469 e. The molecule has 0 amide bonds. The van der Waals surface area contributed by atoms with Crippen LogP contribution in [0.25, 0.3) is 0 Å². The highest BCUT2D eigenvalue weighted by atomic mass is 16.7. The van der Waals surface area contributed by atoms with Crippen molar-refractivity contribution in [2.45, 2.75) is 25.2 Å². The van der Waals surface area contributed by atoms with Crippen LogP contribution in [0.3, 0.4) is 0 Å². The summed E-state index contributed by atoms with van der Waals surface area (Å²) in [6, 6.07) is 5.94. The lowest BCUT2D eigenvalue weighted by Gasteiger charge is -2.15. The van der Waals surface area contributed by atoms with Crippen LogP contribution in [0.5, 0.6) is 11.5 Å². The average molecular weight is 248 g/mol. The third-order valence-corrected chi connectivity index (χ3v) is 3.63. The highest BCUT2D eigenvalue weighted by molar-refractivity contribution is 5.70. The molecule has 1 aliphatic heterocycles. The second kappa shape index (κ2) is 4.52. The quantitative estimate of drug-likeness (QED) is 0.768. The minimum absolute atomic E-state index is 0.149. The van der Waals surface area contributed by atoms with Crippen molar-refractivity contribution in [2.24, 2.45) is 5.92 Å². The van der Waals surface area contributed by atoms with Crippen molar-refractivity contribution in [1.82, 2.24) is 0 Å². The average Bonchev–Trinajstić information content (AvgIpc) is 3.12. The summed E-state index contributed by atoms with van der Waals surface area (Å²) < 4.78 is 15.5. The molecule has 0 radical (unpaired) electrons. The molecule has 0 bridgehead atoms. The maximum Gasteiger partial charge on any atom is 0.306 e. The van der Waals surface area contributed by atoms with Crippen molar-refractivity contribution in [3.8, 4) is 11.5 Å². The number of methoxy groups -OCH3 is 1. The van der Waals surface area contributed by atoms with Crippen molar-refractivity contribution in [3.63, 3.8) is 0 Å². The summed E-state index contributed by atoms with van der Waals surface area (Å²) in [7, 11) is 1.44. The zero-order valence-electron chi connectivity index (χ0n) is 10.3. The van der Waals surface area contributed by atoms with Gasteiger partial charge in [0.2, 0.25) is 6.79 Å². The minimum Gasteiger partial charge on any atom is -0.469 e. The van der Waals surface area contributed by atoms with Gasteiger partial charge in [0.1, 0.15) is 0 Å². The van der Waals surface area contributed by atoms with Crippen molar-refractivity contribution < 1.29 is 19.0 Å². The van der Waals surface area contributed by atoms with Gasteiger partial charge in [-0.05, 0) is 42.4 Å². The summed E-state index contributed by atoms with van der Waals surface area (Å²) in [5.74, 6) is 2.26. The van der Waals surface area contributed by atoms with Gasteiger partial charge in [-0.3, -0.25) is 4.79 Å². The molecular weight excluding hydrogens is 232 g/mol. The first-order valence-corrected chi connectivity index (χ1v) is 6.24. The lowest BCUT2D eigenvalue weighted by Crippen LogP contribution is -2.10. The van der Waals surface area contributed by atoms with Crippen molar-refractivity contribution >= 4 is 5.97 Å². The van der Waals surface area contributed by atoms with Crippen LogP contribution in [0.2, 0.25) is 0 Å². The van der Waals surface area contributed by atoms with Gasteiger partial charge in [0, 0.05) is 0 Å². The summed E-state index contributed by atoms with van der Waals surface area (Å²) in [4.78, 5) is 11.5. The molecule has 1 fully saturated rings. The van der Waals surface area contributed by atoms with Gasteiger partial charge in [-0.15, -0.1) is 0 Å². The monoisotopic (exact) mass is 248 g/mol. The van der Waals surface area contributed by atoms with Crippen LogP contribution >= 0.6 is 0 Å². The number of benzene rings is 1. The highest BCUT2D eigenvalue weighted by Crippen LogP contribution is 2.46. The van der Waals surface area contributed by atoms with E-state index in [-0.39, 0.29) is 18.7 Å². The topological polar surface area (TPSA) is 44.8 Å². The number of fused-ring (bicyclic) bond motifs is 1. The number of carbonyl (C=O) groups is 1. The molecule has 0 aromatic heterocycles.